The molecule has 1 nitrogen and oxygen atoms in total. The minimum absolute atomic E-state index is 0.156. The molecule has 2 rings (SSSR count). The van der Waals surface area contributed by atoms with Gasteiger partial charge in [-0.3, -0.25) is 0 Å². The Hall–Kier alpha value is -1.08. The fourth-order valence-corrected chi connectivity index (χ4v) is 1.98. The van der Waals surface area contributed by atoms with Crippen LogP contribution >= 0.6 is 0 Å². The fourth-order valence-electron chi connectivity index (χ4n) is 1.98. The Morgan fingerprint density at radius 2 is 2.08 bits per heavy atom. The number of aliphatic hydroxyl groups excluding tert-OH is 1. The fraction of sp³-hybridized carbons (Fsp3) is 0.333. The molecule has 0 saturated heterocycles. The van der Waals surface area contributed by atoms with Gasteiger partial charge in [0.1, 0.15) is 0 Å². The molecular weight excluding hydrogens is 160 g/mol. The van der Waals surface area contributed by atoms with Crippen LogP contribution in [0, 0.1) is 0 Å². The average Bonchev–Trinajstić information content (AvgIpc) is 2.19. The SMILES string of the molecule is OC/C=C1/CCCc2ccccc21. The van der Waals surface area contributed by atoms with E-state index < -0.39 is 0 Å². The number of allylic oxidation sites excluding steroid dienone is 1. The molecule has 0 aromatic heterocycles. The maximum Gasteiger partial charge on any atom is 0.0618 e. The Labute approximate surface area is 78.7 Å². The van der Waals surface area contributed by atoms with Crippen molar-refractivity contribution in [2.24, 2.45) is 0 Å². The molecular formula is C12H14O. The van der Waals surface area contributed by atoms with Crippen molar-refractivity contribution in [2.75, 3.05) is 6.61 Å². The quantitative estimate of drug-likeness (QED) is 0.693. The summed E-state index contributed by atoms with van der Waals surface area (Å²) in [5.41, 5.74) is 4.07. The van der Waals surface area contributed by atoms with Crippen molar-refractivity contribution in [1.82, 2.24) is 0 Å². The van der Waals surface area contributed by atoms with Crippen molar-refractivity contribution in [3.63, 3.8) is 0 Å². The van der Waals surface area contributed by atoms with E-state index in [2.05, 4.69) is 24.3 Å². The number of fused-ring (bicyclic) bond motifs is 1. The Bertz CT molecular complexity index is 326. The summed E-state index contributed by atoms with van der Waals surface area (Å²) >= 11 is 0. The molecule has 1 N–H and O–H groups in total. The summed E-state index contributed by atoms with van der Waals surface area (Å²) in [6.07, 6.45) is 5.43. The number of benzene rings is 1. The predicted molar refractivity (Wildman–Crippen MR) is 54.4 cm³/mol. The number of aryl methyl sites for hydroxylation is 1. The van der Waals surface area contributed by atoms with E-state index in [1.807, 2.05) is 6.08 Å². The molecule has 1 aromatic carbocycles. The average molecular weight is 174 g/mol. The van der Waals surface area contributed by atoms with Gasteiger partial charge < -0.3 is 5.11 Å². The van der Waals surface area contributed by atoms with Gasteiger partial charge in [-0.05, 0) is 36.0 Å². The van der Waals surface area contributed by atoms with Crippen LogP contribution in [0.4, 0.5) is 0 Å². The second-order valence-electron chi connectivity index (χ2n) is 3.42. The zero-order valence-corrected chi connectivity index (χ0v) is 7.66. The first-order valence-electron chi connectivity index (χ1n) is 4.80. The standard InChI is InChI=1S/C12H14O/c13-9-8-11-6-3-5-10-4-1-2-7-12(10)11/h1-2,4,7-8,13H,3,5-6,9H2/b11-8-. The number of hydrogen-bond acceptors (Lipinski definition) is 1. The first-order valence-corrected chi connectivity index (χ1v) is 4.80. The Morgan fingerprint density at radius 1 is 1.23 bits per heavy atom. The molecule has 0 saturated carbocycles. The normalized spacial score (nSPS) is 18.7. The molecule has 0 unspecified atom stereocenters. The third-order valence-corrected chi connectivity index (χ3v) is 2.59. The van der Waals surface area contributed by atoms with Crippen LogP contribution < -0.4 is 0 Å². The van der Waals surface area contributed by atoms with E-state index in [9.17, 15) is 0 Å². The minimum atomic E-state index is 0.156. The maximum atomic E-state index is 8.87. The molecule has 1 heteroatoms. The van der Waals surface area contributed by atoms with Crippen molar-refractivity contribution < 1.29 is 5.11 Å². The van der Waals surface area contributed by atoms with E-state index in [0.29, 0.717) is 0 Å². The van der Waals surface area contributed by atoms with Crippen molar-refractivity contribution >= 4 is 5.57 Å². The van der Waals surface area contributed by atoms with Gasteiger partial charge in [-0.2, -0.15) is 0 Å². The van der Waals surface area contributed by atoms with E-state index in [0.717, 1.165) is 6.42 Å². The zero-order chi connectivity index (χ0) is 9.10. The van der Waals surface area contributed by atoms with Gasteiger partial charge in [0.05, 0.1) is 6.61 Å². The molecule has 68 valence electrons. The van der Waals surface area contributed by atoms with Crippen LogP contribution in [-0.4, -0.2) is 11.7 Å². The summed E-state index contributed by atoms with van der Waals surface area (Å²) in [6.45, 7) is 0.156. The zero-order valence-electron chi connectivity index (χ0n) is 7.66. The lowest BCUT2D eigenvalue weighted by Gasteiger charge is -2.18. The summed E-state index contributed by atoms with van der Waals surface area (Å²) < 4.78 is 0. The van der Waals surface area contributed by atoms with Crippen LogP contribution in [0.25, 0.3) is 5.57 Å². The van der Waals surface area contributed by atoms with Crippen molar-refractivity contribution in [3.05, 3.63) is 41.5 Å². The highest BCUT2D eigenvalue weighted by Gasteiger charge is 2.11. The second-order valence-corrected chi connectivity index (χ2v) is 3.42. The van der Waals surface area contributed by atoms with Gasteiger partial charge >= 0.3 is 0 Å². The number of rotatable bonds is 1. The summed E-state index contributed by atoms with van der Waals surface area (Å²) in [6, 6.07) is 8.48. The lowest BCUT2D eigenvalue weighted by atomic mass is 9.87. The number of hydrogen-bond donors (Lipinski definition) is 1. The van der Waals surface area contributed by atoms with E-state index in [1.165, 1.54) is 29.5 Å². The molecule has 1 aliphatic rings. The monoisotopic (exact) mass is 174 g/mol. The topological polar surface area (TPSA) is 20.2 Å². The van der Waals surface area contributed by atoms with Gasteiger partial charge in [0, 0.05) is 0 Å². The Morgan fingerprint density at radius 3 is 2.92 bits per heavy atom. The smallest absolute Gasteiger partial charge is 0.0618 e. The molecule has 13 heavy (non-hydrogen) atoms. The third kappa shape index (κ3) is 1.65. The van der Waals surface area contributed by atoms with E-state index in [1.54, 1.807) is 0 Å². The van der Waals surface area contributed by atoms with Crippen LogP contribution in [0.2, 0.25) is 0 Å². The lowest BCUT2D eigenvalue weighted by Crippen LogP contribution is -2.01. The third-order valence-electron chi connectivity index (χ3n) is 2.59. The maximum absolute atomic E-state index is 8.87. The molecule has 0 spiro atoms. The van der Waals surface area contributed by atoms with E-state index in [-0.39, 0.29) is 6.61 Å². The summed E-state index contributed by atoms with van der Waals surface area (Å²) in [7, 11) is 0. The second kappa shape index (κ2) is 3.75. The first-order chi connectivity index (χ1) is 6.42. The van der Waals surface area contributed by atoms with Crippen LogP contribution in [0.15, 0.2) is 30.3 Å². The highest BCUT2D eigenvalue weighted by atomic mass is 16.2. The summed E-state index contributed by atoms with van der Waals surface area (Å²) in [5.74, 6) is 0. The van der Waals surface area contributed by atoms with E-state index in [4.69, 9.17) is 5.11 Å². The largest absolute Gasteiger partial charge is 0.392 e. The van der Waals surface area contributed by atoms with Gasteiger partial charge in [-0.25, -0.2) is 0 Å². The Balaban J connectivity index is 2.42. The molecule has 0 atom stereocenters. The lowest BCUT2D eigenvalue weighted by molar-refractivity contribution is 0.343. The van der Waals surface area contributed by atoms with Crippen LogP contribution in [0.5, 0.6) is 0 Å². The van der Waals surface area contributed by atoms with Gasteiger partial charge in [0.2, 0.25) is 0 Å². The molecule has 1 aliphatic carbocycles. The van der Waals surface area contributed by atoms with Crippen molar-refractivity contribution in [1.29, 1.82) is 0 Å². The molecule has 0 radical (unpaired) electrons. The van der Waals surface area contributed by atoms with Crippen molar-refractivity contribution in [2.45, 2.75) is 19.3 Å². The van der Waals surface area contributed by atoms with Gasteiger partial charge in [-0.1, -0.05) is 30.3 Å². The molecule has 0 fully saturated rings. The molecule has 0 bridgehead atoms. The predicted octanol–water partition coefficient (Wildman–Crippen LogP) is 2.40. The van der Waals surface area contributed by atoms with Gasteiger partial charge in [0.15, 0.2) is 0 Å². The van der Waals surface area contributed by atoms with E-state index >= 15 is 0 Å². The van der Waals surface area contributed by atoms with Crippen LogP contribution in [-0.2, 0) is 6.42 Å². The van der Waals surface area contributed by atoms with Crippen molar-refractivity contribution in [3.8, 4) is 0 Å². The Kier molecular flexibility index (Phi) is 2.46. The summed E-state index contributed by atoms with van der Waals surface area (Å²) in [4.78, 5) is 0. The highest BCUT2D eigenvalue weighted by Crippen LogP contribution is 2.29. The molecule has 0 heterocycles. The van der Waals surface area contributed by atoms with Crippen LogP contribution in [0.3, 0.4) is 0 Å². The minimum Gasteiger partial charge on any atom is -0.392 e. The summed E-state index contributed by atoms with van der Waals surface area (Å²) in [5, 5.41) is 8.87. The van der Waals surface area contributed by atoms with Crippen LogP contribution in [0.1, 0.15) is 24.0 Å². The molecule has 0 aliphatic heterocycles. The first kappa shape index (κ1) is 8.52. The number of aliphatic hydroxyl groups is 1. The molecule has 1 aromatic rings. The highest BCUT2D eigenvalue weighted by molar-refractivity contribution is 5.69. The van der Waals surface area contributed by atoms with Gasteiger partial charge in [0.25, 0.3) is 0 Å². The van der Waals surface area contributed by atoms with Gasteiger partial charge in [-0.15, -0.1) is 0 Å². The molecule has 0 amide bonds.